The second kappa shape index (κ2) is 6.05. The molecule has 1 aromatic rings. The Balaban J connectivity index is 1.87. The number of rotatable bonds is 5. The summed E-state index contributed by atoms with van der Waals surface area (Å²) in [5.41, 5.74) is 0. The Morgan fingerprint density at radius 2 is 2.18 bits per heavy atom. The number of ether oxygens (including phenoxy) is 1. The van der Waals surface area contributed by atoms with E-state index in [0.29, 0.717) is 16.7 Å². The number of aromatic nitrogens is 2. The van der Waals surface area contributed by atoms with Crippen LogP contribution >= 0.6 is 11.6 Å². The van der Waals surface area contributed by atoms with Gasteiger partial charge >= 0.3 is 0 Å². The maximum absolute atomic E-state index is 5.92. The summed E-state index contributed by atoms with van der Waals surface area (Å²) in [6.45, 7) is 0.911. The van der Waals surface area contributed by atoms with Crippen molar-refractivity contribution in [3.8, 4) is 5.75 Å². The molecular formula is C12H18ClN3O. The van der Waals surface area contributed by atoms with Crippen LogP contribution in [0.1, 0.15) is 32.1 Å². The molecule has 0 aromatic carbocycles. The van der Waals surface area contributed by atoms with Crippen molar-refractivity contribution in [1.82, 2.24) is 9.97 Å². The van der Waals surface area contributed by atoms with Crippen LogP contribution in [0.3, 0.4) is 0 Å². The van der Waals surface area contributed by atoms with Gasteiger partial charge in [0.1, 0.15) is 6.33 Å². The van der Waals surface area contributed by atoms with E-state index in [2.05, 4.69) is 15.3 Å². The van der Waals surface area contributed by atoms with Gasteiger partial charge in [0.05, 0.1) is 7.11 Å². The minimum Gasteiger partial charge on any atom is -0.490 e. The van der Waals surface area contributed by atoms with Crippen molar-refractivity contribution in [2.24, 2.45) is 5.92 Å². The number of hydrogen-bond acceptors (Lipinski definition) is 4. The van der Waals surface area contributed by atoms with E-state index in [1.165, 1.54) is 38.4 Å². The van der Waals surface area contributed by atoms with Gasteiger partial charge in [0.2, 0.25) is 0 Å². The fourth-order valence-electron chi connectivity index (χ4n) is 2.35. The molecule has 2 rings (SSSR count). The zero-order chi connectivity index (χ0) is 12.1. The Hall–Kier alpha value is -1.03. The zero-order valence-corrected chi connectivity index (χ0v) is 10.8. The monoisotopic (exact) mass is 255 g/mol. The van der Waals surface area contributed by atoms with E-state index >= 15 is 0 Å². The molecule has 0 bridgehead atoms. The second-order valence-electron chi connectivity index (χ2n) is 4.41. The van der Waals surface area contributed by atoms with Crippen LogP contribution in [-0.4, -0.2) is 23.6 Å². The fourth-order valence-corrected chi connectivity index (χ4v) is 2.56. The molecule has 0 amide bonds. The molecule has 1 saturated carbocycles. The highest BCUT2D eigenvalue weighted by molar-refractivity contribution is 6.31. The van der Waals surface area contributed by atoms with Crippen LogP contribution in [0, 0.1) is 5.92 Å². The van der Waals surface area contributed by atoms with Gasteiger partial charge in [-0.1, -0.05) is 37.3 Å². The lowest BCUT2D eigenvalue weighted by Gasteiger charge is -2.12. The molecule has 17 heavy (non-hydrogen) atoms. The highest BCUT2D eigenvalue weighted by atomic mass is 35.5. The van der Waals surface area contributed by atoms with Crippen molar-refractivity contribution < 1.29 is 4.74 Å². The van der Waals surface area contributed by atoms with Crippen LogP contribution in [0.2, 0.25) is 5.15 Å². The number of nitrogens with zero attached hydrogens (tertiary/aromatic N) is 2. The van der Waals surface area contributed by atoms with Gasteiger partial charge in [0, 0.05) is 6.54 Å². The molecule has 0 saturated heterocycles. The zero-order valence-electron chi connectivity index (χ0n) is 10.1. The second-order valence-corrected chi connectivity index (χ2v) is 4.77. The molecule has 1 N–H and O–H groups in total. The van der Waals surface area contributed by atoms with Gasteiger partial charge in [-0.3, -0.25) is 0 Å². The molecule has 0 unspecified atom stereocenters. The van der Waals surface area contributed by atoms with Crippen LogP contribution < -0.4 is 10.1 Å². The average molecular weight is 256 g/mol. The standard InChI is InChI=1S/C12H18ClN3O/c1-17-10-11(13)15-8-16-12(10)14-7-6-9-4-2-3-5-9/h8-9H,2-7H2,1H3,(H,14,15,16). The Bertz CT molecular complexity index is 367. The van der Waals surface area contributed by atoms with Crippen LogP contribution in [0.25, 0.3) is 0 Å². The number of anilines is 1. The van der Waals surface area contributed by atoms with Gasteiger partial charge in [-0.2, -0.15) is 0 Å². The summed E-state index contributed by atoms with van der Waals surface area (Å²) < 4.78 is 5.18. The van der Waals surface area contributed by atoms with Crippen LogP contribution in [0.15, 0.2) is 6.33 Å². The number of nitrogens with one attached hydrogen (secondary N) is 1. The molecular weight excluding hydrogens is 238 g/mol. The highest BCUT2D eigenvalue weighted by Gasteiger charge is 2.15. The summed E-state index contributed by atoms with van der Waals surface area (Å²) in [6.07, 6.45) is 8.13. The van der Waals surface area contributed by atoms with Crippen molar-refractivity contribution in [3.63, 3.8) is 0 Å². The lowest BCUT2D eigenvalue weighted by molar-refractivity contribution is 0.412. The maximum atomic E-state index is 5.92. The summed E-state index contributed by atoms with van der Waals surface area (Å²) in [6, 6.07) is 0. The van der Waals surface area contributed by atoms with E-state index in [9.17, 15) is 0 Å². The van der Waals surface area contributed by atoms with Crippen molar-refractivity contribution in [2.75, 3.05) is 19.0 Å². The first kappa shape index (κ1) is 12.4. The van der Waals surface area contributed by atoms with Crippen molar-refractivity contribution in [2.45, 2.75) is 32.1 Å². The van der Waals surface area contributed by atoms with Gasteiger partial charge in [0.15, 0.2) is 16.7 Å². The maximum Gasteiger partial charge on any atom is 0.198 e. The first-order chi connectivity index (χ1) is 8.31. The normalized spacial score (nSPS) is 16.1. The van der Waals surface area contributed by atoms with E-state index in [4.69, 9.17) is 16.3 Å². The molecule has 1 fully saturated rings. The SMILES string of the molecule is COc1c(Cl)ncnc1NCCC1CCCC1. The van der Waals surface area contributed by atoms with Crippen molar-refractivity contribution in [3.05, 3.63) is 11.5 Å². The van der Waals surface area contributed by atoms with Crippen molar-refractivity contribution >= 4 is 17.4 Å². The molecule has 4 nitrogen and oxygen atoms in total. The molecule has 1 aromatic heterocycles. The number of halogens is 1. The van der Waals surface area contributed by atoms with Gasteiger partial charge < -0.3 is 10.1 Å². The van der Waals surface area contributed by atoms with E-state index in [1.807, 2.05) is 0 Å². The summed E-state index contributed by atoms with van der Waals surface area (Å²) in [4.78, 5) is 8.03. The lowest BCUT2D eigenvalue weighted by Crippen LogP contribution is -2.09. The average Bonchev–Trinajstić information content (AvgIpc) is 2.82. The Morgan fingerprint density at radius 1 is 1.41 bits per heavy atom. The van der Waals surface area contributed by atoms with E-state index in [1.54, 1.807) is 7.11 Å². The third-order valence-corrected chi connectivity index (χ3v) is 3.55. The molecule has 0 radical (unpaired) electrons. The number of hydrogen-bond donors (Lipinski definition) is 1. The summed E-state index contributed by atoms with van der Waals surface area (Å²) in [7, 11) is 1.58. The fraction of sp³-hybridized carbons (Fsp3) is 0.667. The van der Waals surface area contributed by atoms with Gasteiger partial charge in [0.25, 0.3) is 0 Å². The lowest BCUT2D eigenvalue weighted by atomic mass is 10.0. The predicted molar refractivity (Wildman–Crippen MR) is 68.7 cm³/mol. The topological polar surface area (TPSA) is 47.0 Å². The summed E-state index contributed by atoms with van der Waals surface area (Å²) >= 11 is 5.92. The third-order valence-electron chi connectivity index (χ3n) is 3.28. The molecule has 1 heterocycles. The van der Waals surface area contributed by atoms with E-state index in [-0.39, 0.29) is 0 Å². The largest absolute Gasteiger partial charge is 0.490 e. The molecule has 1 aliphatic carbocycles. The van der Waals surface area contributed by atoms with Gasteiger partial charge in [-0.05, 0) is 12.3 Å². The van der Waals surface area contributed by atoms with E-state index in [0.717, 1.165) is 12.5 Å². The quantitative estimate of drug-likeness (QED) is 0.822. The minimum atomic E-state index is 0.353. The van der Waals surface area contributed by atoms with Crippen LogP contribution in [0.5, 0.6) is 5.75 Å². The molecule has 5 heteroatoms. The predicted octanol–water partition coefficient (Wildman–Crippen LogP) is 3.13. The molecule has 0 spiro atoms. The summed E-state index contributed by atoms with van der Waals surface area (Å²) in [5.74, 6) is 2.08. The third kappa shape index (κ3) is 3.22. The first-order valence-corrected chi connectivity index (χ1v) is 6.47. The number of methoxy groups -OCH3 is 1. The molecule has 0 aliphatic heterocycles. The minimum absolute atomic E-state index is 0.353. The Morgan fingerprint density at radius 3 is 2.88 bits per heavy atom. The molecule has 0 atom stereocenters. The molecule has 1 aliphatic rings. The van der Waals surface area contributed by atoms with Gasteiger partial charge in [-0.15, -0.1) is 0 Å². The summed E-state index contributed by atoms with van der Waals surface area (Å²) in [5, 5.41) is 3.62. The highest BCUT2D eigenvalue weighted by Crippen LogP contribution is 2.30. The first-order valence-electron chi connectivity index (χ1n) is 6.09. The van der Waals surface area contributed by atoms with Crippen molar-refractivity contribution in [1.29, 1.82) is 0 Å². The van der Waals surface area contributed by atoms with Crippen LogP contribution in [-0.2, 0) is 0 Å². The van der Waals surface area contributed by atoms with E-state index < -0.39 is 0 Å². The molecule has 94 valence electrons. The Labute approximate surface area is 107 Å². The van der Waals surface area contributed by atoms with Gasteiger partial charge in [-0.25, -0.2) is 9.97 Å². The smallest absolute Gasteiger partial charge is 0.198 e. The Kier molecular flexibility index (Phi) is 4.42. The van der Waals surface area contributed by atoms with Crippen LogP contribution in [0.4, 0.5) is 5.82 Å².